The fourth-order valence-corrected chi connectivity index (χ4v) is 5.19. The number of hydrogen-bond donors (Lipinski definition) is 1. The number of fused-ring (bicyclic) bond motifs is 2. The van der Waals surface area contributed by atoms with Gasteiger partial charge >= 0.3 is 0 Å². The van der Waals surface area contributed by atoms with Crippen LogP contribution in [-0.4, -0.2) is 35.7 Å². The second-order valence-corrected chi connectivity index (χ2v) is 8.93. The van der Waals surface area contributed by atoms with Crippen molar-refractivity contribution in [3.63, 3.8) is 0 Å². The first kappa shape index (κ1) is 20.4. The van der Waals surface area contributed by atoms with Gasteiger partial charge in [-0.2, -0.15) is 10.4 Å². The highest BCUT2D eigenvalue weighted by Crippen LogP contribution is 2.43. The molecular formula is C24H19ClN8O. The van der Waals surface area contributed by atoms with Gasteiger partial charge in [0.1, 0.15) is 29.4 Å². The van der Waals surface area contributed by atoms with Crippen LogP contribution in [0.5, 0.6) is 0 Å². The molecule has 4 aromatic heterocycles. The molecule has 5 heterocycles. The highest BCUT2D eigenvalue weighted by Gasteiger charge is 2.44. The zero-order valence-electron chi connectivity index (χ0n) is 18.2. The molecule has 1 atom stereocenters. The lowest BCUT2D eigenvalue weighted by molar-refractivity contribution is 0.433. The minimum Gasteiger partial charge on any atom is -0.345 e. The average molecular weight is 471 g/mol. The van der Waals surface area contributed by atoms with Gasteiger partial charge in [-0.05, 0) is 38.0 Å². The van der Waals surface area contributed by atoms with Gasteiger partial charge in [0.25, 0.3) is 5.56 Å². The van der Waals surface area contributed by atoms with Crippen LogP contribution in [0.1, 0.15) is 31.2 Å². The summed E-state index contributed by atoms with van der Waals surface area (Å²) >= 11 is 6.36. The summed E-state index contributed by atoms with van der Waals surface area (Å²) in [5.74, 6) is 1.21. The molecule has 168 valence electrons. The molecule has 0 saturated carbocycles. The molecule has 1 aliphatic rings. The van der Waals surface area contributed by atoms with Crippen molar-refractivity contribution in [2.45, 2.75) is 25.3 Å². The Hall–Kier alpha value is -4.16. The number of aromatic amines is 1. The Morgan fingerprint density at radius 2 is 2.03 bits per heavy atom. The lowest BCUT2D eigenvalue weighted by Crippen LogP contribution is -2.45. The second-order valence-electron chi connectivity index (χ2n) is 8.52. The number of aromatic nitrogens is 6. The Labute approximate surface area is 198 Å². The smallest absolute Gasteiger partial charge is 0.284 e. The van der Waals surface area contributed by atoms with Crippen LogP contribution in [0.15, 0.2) is 59.9 Å². The number of hydrogen-bond acceptors (Lipinski definition) is 6. The number of nitrogens with zero attached hydrogens (tertiary/aromatic N) is 7. The summed E-state index contributed by atoms with van der Waals surface area (Å²) in [4.78, 5) is 27.8. The Morgan fingerprint density at radius 1 is 1.21 bits per heavy atom. The highest BCUT2D eigenvalue weighted by molar-refractivity contribution is 6.33. The molecule has 10 heteroatoms. The SMILES string of the molecule is CC1(c2nn3ccc(Cl)c3c(=O)n2-c2ccccc2)CCCN1c1ncnc2[nH]cc(C#N)c12. The summed E-state index contributed by atoms with van der Waals surface area (Å²) in [7, 11) is 0. The van der Waals surface area contributed by atoms with Crippen LogP contribution in [0, 0.1) is 11.3 Å². The zero-order valence-corrected chi connectivity index (χ0v) is 19.0. The third-order valence-corrected chi connectivity index (χ3v) is 6.91. The van der Waals surface area contributed by atoms with E-state index in [1.807, 2.05) is 30.3 Å². The number of nitrogens with one attached hydrogen (secondary N) is 1. The molecule has 1 N–H and O–H groups in total. The summed E-state index contributed by atoms with van der Waals surface area (Å²) < 4.78 is 3.19. The molecule has 0 bridgehead atoms. The van der Waals surface area contributed by atoms with Crippen molar-refractivity contribution < 1.29 is 0 Å². The predicted octanol–water partition coefficient (Wildman–Crippen LogP) is 3.80. The molecule has 1 unspecified atom stereocenters. The molecule has 34 heavy (non-hydrogen) atoms. The normalized spacial score (nSPS) is 18.1. The van der Waals surface area contributed by atoms with Crippen molar-refractivity contribution in [2.75, 3.05) is 11.4 Å². The number of rotatable bonds is 3. The van der Waals surface area contributed by atoms with E-state index in [0.717, 1.165) is 12.8 Å². The van der Waals surface area contributed by atoms with E-state index in [0.29, 0.717) is 51.0 Å². The number of nitriles is 1. The zero-order chi connectivity index (χ0) is 23.4. The second kappa shape index (κ2) is 7.43. The molecule has 0 spiro atoms. The van der Waals surface area contributed by atoms with E-state index in [9.17, 15) is 10.1 Å². The standard InChI is InChI=1S/C24H19ClN8O/c1-24(9-5-10-31(24)21-18-15(12-26)13-27-20(18)28-14-29-21)23-30-32-11-8-17(25)19(32)22(34)33(23)16-6-3-2-4-7-16/h2-4,6-8,11,13-14H,5,9-10H2,1H3,(H,27,28,29). The van der Waals surface area contributed by atoms with E-state index in [-0.39, 0.29) is 5.56 Å². The Kier molecular flexibility index (Phi) is 4.47. The number of para-hydroxylation sites is 1. The molecule has 5 aromatic rings. The molecule has 1 aromatic carbocycles. The topological polar surface area (TPSA) is 108 Å². The minimum atomic E-state index is -0.689. The van der Waals surface area contributed by atoms with Gasteiger partial charge in [-0.1, -0.05) is 29.8 Å². The monoisotopic (exact) mass is 470 g/mol. The molecule has 1 aliphatic heterocycles. The molecule has 1 fully saturated rings. The highest BCUT2D eigenvalue weighted by atomic mass is 35.5. The maximum atomic E-state index is 13.8. The van der Waals surface area contributed by atoms with Gasteiger partial charge in [0, 0.05) is 18.9 Å². The summed E-state index contributed by atoms with van der Waals surface area (Å²) in [6, 6.07) is 13.3. The maximum absolute atomic E-state index is 13.8. The van der Waals surface area contributed by atoms with Gasteiger partial charge in [0.15, 0.2) is 5.82 Å². The molecular weight excluding hydrogens is 452 g/mol. The lowest BCUT2D eigenvalue weighted by atomic mass is 9.96. The molecule has 9 nitrogen and oxygen atoms in total. The minimum absolute atomic E-state index is 0.244. The summed E-state index contributed by atoms with van der Waals surface area (Å²) in [6.45, 7) is 2.75. The predicted molar refractivity (Wildman–Crippen MR) is 128 cm³/mol. The van der Waals surface area contributed by atoms with E-state index in [2.05, 4.69) is 32.8 Å². The van der Waals surface area contributed by atoms with E-state index in [1.54, 1.807) is 27.5 Å². The van der Waals surface area contributed by atoms with Crippen LogP contribution < -0.4 is 10.5 Å². The maximum Gasteiger partial charge on any atom is 0.284 e. The summed E-state index contributed by atoms with van der Waals surface area (Å²) in [5.41, 5.74) is 1.16. The van der Waals surface area contributed by atoms with Crippen molar-refractivity contribution in [2.24, 2.45) is 0 Å². The lowest BCUT2D eigenvalue weighted by Gasteiger charge is -2.37. The number of H-pyrrole nitrogens is 1. The van der Waals surface area contributed by atoms with E-state index < -0.39 is 5.54 Å². The Balaban J connectivity index is 1.65. The van der Waals surface area contributed by atoms with E-state index in [1.165, 1.54) is 6.33 Å². The third kappa shape index (κ3) is 2.79. The number of anilines is 1. The van der Waals surface area contributed by atoms with Crippen LogP contribution >= 0.6 is 11.6 Å². The largest absolute Gasteiger partial charge is 0.345 e. The van der Waals surface area contributed by atoms with Gasteiger partial charge in [-0.15, -0.1) is 0 Å². The molecule has 1 saturated heterocycles. The van der Waals surface area contributed by atoms with E-state index in [4.69, 9.17) is 16.7 Å². The number of halogens is 1. The molecule has 0 amide bonds. The summed E-state index contributed by atoms with van der Waals surface area (Å²) in [5, 5.41) is 15.6. The fraction of sp³-hybridized carbons (Fsp3) is 0.208. The van der Waals surface area contributed by atoms with E-state index >= 15 is 0 Å². The van der Waals surface area contributed by atoms with Crippen LogP contribution in [0.3, 0.4) is 0 Å². The van der Waals surface area contributed by atoms with Gasteiger partial charge in [-0.25, -0.2) is 14.5 Å². The molecule has 6 rings (SSSR count). The average Bonchev–Trinajstić information content (AvgIpc) is 3.56. The van der Waals surface area contributed by atoms with Crippen LogP contribution in [0.4, 0.5) is 5.82 Å². The van der Waals surface area contributed by atoms with Crippen LogP contribution in [0.2, 0.25) is 5.02 Å². The van der Waals surface area contributed by atoms with Crippen molar-refractivity contribution in [1.29, 1.82) is 5.26 Å². The van der Waals surface area contributed by atoms with Gasteiger partial charge < -0.3 is 9.88 Å². The Bertz CT molecular complexity index is 1660. The fourth-order valence-electron chi connectivity index (χ4n) is 4.97. The quantitative estimate of drug-likeness (QED) is 0.429. The van der Waals surface area contributed by atoms with Gasteiger partial charge in [0.2, 0.25) is 0 Å². The van der Waals surface area contributed by atoms with Crippen molar-refractivity contribution >= 4 is 34.0 Å². The van der Waals surface area contributed by atoms with Crippen molar-refractivity contribution in [3.8, 4) is 11.8 Å². The van der Waals surface area contributed by atoms with Crippen LogP contribution in [-0.2, 0) is 5.54 Å². The van der Waals surface area contributed by atoms with Crippen molar-refractivity contribution in [1.82, 2.24) is 29.1 Å². The Morgan fingerprint density at radius 3 is 2.82 bits per heavy atom. The first-order chi connectivity index (χ1) is 16.5. The third-order valence-electron chi connectivity index (χ3n) is 6.60. The first-order valence-electron chi connectivity index (χ1n) is 10.9. The van der Waals surface area contributed by atoms with Gasteiger partial charge in [0.05, 0.1) is 27.2 Å². The first-order valence-corrected chi connectivity index (χ1v) is 11.3. The summed E-state index contributed by atoms with van der Waals surface area (Å²) in [6.07, 6.45) is 6.43. The molecule has 0 radical (unpaired) electrons. The van der Waals surface area contributed by atoms with Gasteiger partial charge in [-0.3, -0.25) is 9.36 Å². The number of benzene rings is 1. The van der Waals surface area contributed by atoms with Crippen molar-refractivity contribution in [3.05, 3.63) is 81.9 Å². The molecule has 0 aliphatic carbocycles. The van der Waals surface area contributed by atoms with Crippen LogP contribution in [0.25, 0.3) is 22.2 Å².